The van der Waals surface area contributed by atoms with Gasteiger partial charge in [-0.3, -0.25) is 24.2 Å². The Labute approximate surface area is 214 Å². The molecule has 3 amide bonds. The van der Waals surface area contributed by atoms with Crippen LogP contribution in [0.25, 0.3) is 10.2 Å². The number of nitrogens with zero attached hydrogens (tertiary/aromatic N) is 4. The van der Waals surface area contributed by atoms with Gasteiger partial charge in [0.15, 0.2) is 5.13 Å². The zero-order valence-corrected chi connectivity index (χ0v) is 21.7. The van der Waals surface area contributed by atoms with Gasteiger partial charge < -0.3 is 9.64 Å². The highest BCUT2D eigenvalue weighted by Gasteiger charge is 2.31. The number of hydrogen-bond acceptors (Lipinski definition) is 7. The van der Waals surface area contributed by atoms with Crippen LogP contribution in [0.4, 0.5) is 10.8 Å². The molecule has 0 radical (unpaired) electrons. The van der Waals surface area contributed by atoms with Crippen molar-refractivity contribution in [1.29, 1.82) is 0 Å². The Morgan fingerprint density at radius 1 is 1.06 bits per heavy atom. The molecule has 10 heteroatoms. The number of aromatic nitrogens is 1. The fourth-order valence-corrected chi connectivity index (χ4v) is 5.02. The van der Waals surface area contributed by atoms with Gasteiger partial charge in [-0.25, -0.2) is 4.98 Å². The first kappa shape index (κ1) is 26.6. The molecule has 8 nitrogen and oxygen atoms in total. The van der Waals surface area contributed by atoms with Gasteiger partial charge in [-0.05, 0) is 49.5 Å². The summed E-state index contributed by atoms with van der Waals surface area (Å²) in [7, 11) is 1.62. The second-order valence-corrected chi connectivity index (χ2v) is 9.00. The van der Waals surface area contributed by atoms with Crippen molar-refractivity contribution in [2.45, 2.75) is 26.7 Å². The number of benzene rings is 2. The lowest BCUT2D eigenvalue weighted by atomic mass is 10.1. The van der Waals surface area contributed by atoms with Crippen LogP contribution < -0.4 is 14.5 Å². The molecule has 35 heavy (non-hydrogen) atoms. The summed E-state index contributed by atoms with van der Waals surface area (Å²) in [6.45, 7) is 7.10. The summed E-state index contributed by atoms with van der Waals surface area (Å²) in [6.07, 6.45) is 0.393. The topological polar surface area (TPSA) is 83.0 Å². The summed E-state index contributed by atoms with van der Waals surface area (Å²) in [5.41, 5.74) is 1.63. The largest absolute Gasteiger partial charge is 0.497 e. The van der Waals surface area contributed by atoms with Crippen LogP contribution in [-0.2, 0) is 9.59 Å². The maximum atomic E-state index is 13.7. The molecule has 1 aliphatic heterocycles. The molecule has 0 N–H and O–H groups in total. The van der Waals surface area contributed by atoms with Crippen molar-refractivity contribution in [3.63, 3.8) is 0 Å². The van der Waals surface area contributed by atoms with Crippen molar-refractivity contribution in [3.8, 4) is 5.75 Å². The molecule has 0 saturated carbocycles. The van der Waals surface area contributed by atoms with E-state index in [4.69, 9.17) is 9.72 Å². The van der Waals surface area contributed by atoms with Gasteiger partial charge in [-0.2, -0.15) is 0 Å². The number of carbonyl (C=O) groups is 3. The lowest BCUT2D eigenvalue weighted by Crippen LogP contribution is -2.39. The van der Waals surface area contributed by atoms with Crippen LogP contribution in [0.5, 0.6) is 5.75 Å². The minimum absolute atomic E-state index is 0. The van der Waals surface area contributed by atoms with Crippen molar-refractivity contribution in [2.75, 3.05) is 43.1 Å². The fraction of sp³-hybridized carbons (Fsp3) is 0.360. The first-order chi connectivity index (χ1) is 16.4. The number of ether oxygens (including phenoxy) is 1. The van der Waals surface area contributed by atoms with E-state index in [2.05, 4.69) is 18.7 Å². The van der Waals surface area contributed by atoms with Crippen LogP contribution in [0.15, 0.2) is 42.5 Å². The molecule has 4 rings (SSSR count). The van der Waals surface area contributed by atoms with E-state index in [1.807, 2.05) is 18.2 Å². The highest BCUT2D eigenvalue weighted by molar-refractivity contribution is 7.22. The van der Waals surface area contributed by atoms with Gasteiger partial charge in [0, 0.05) is 31.5 Å². The minimum atomic E-state index is -0.242. The average Bonchev–Trinajstić information content (AvgIpc) is 3.43. The van der Waals surface area contributed by atoms with E-state index in [0.717, 1.165) is 29.1 Å². The van der Waals surface area contributed by atoms with Gasteiger partial charge in [0.05, 0.1) is 23.0 Å². The van der Waals surface area contributed by atoms with Crippen molar-refractivity contribution in [1.82, 2.24) is 9.88 Å². The maximum Gasteiger partial charge on any atom is 0.260 e. The summed E-state index contributed by atoms with van der Waals surface area (Å²) in [5, 5.41) is 0.596. The van der Waals surface area contributed by atoms with Crippen molar-refractivity contribution in [2.24, 2.45) is 0 Å². The Morgan fingerprint density at radius 3 is 2.43 bits per heavy atom. The number of halogens is 1. The SMILES string of the molecule is CCN(CC)CCN(C(=O)c1cccc(N2C(=O)CCC2=O)c1)c1nc2ccc(OC)cc2s1.Cl. The van der Waals surface area contributed by atoms with Gasteiger partial charge in [-0.15, -0.1) is 12.4 Å². The van der Waals surface area contributed by atoms with Gasteiger partial charge in [-0.1, -0.05) is 31.3 Å². The first-order valence-electron chi connectivity index (χ1n) is 11.4. The quantitative estimate of drug-likeness (QED) is 0.393. The van der Waals surface area contributed by atoms with Crippen LogP contribution in [0, 0.1) is 0 Å². The predicted octanol–water partition coefficient (Wildman–Crippen LogP) is 4.37. The molecule has 2 heterocycles. The van der Waals surface area contributed by atoms with E-state index < -0.39 is 0 Å². The molecule has 0 atom stereocenters. The molecule has 0 aliphatic carbocycles. The lowest BCUT2D eigenvalue weighted by Gasteiger charge is -2.25. The third-order valence-corrected chi connectivity index (χ3v) is 7.04. The molecule has 0 bridgehead atoms. The van der Waals surface area contributed by atoms with E-state index in [1.54, 1.807) is 36.3 Å². The Balaban J connectivity index is 0.00000342. The van der Waals surface area contributed by atoms with Gasteiger partial charge in [0.25, 0.3) is 5.91 Å². The number of carbonyl (C=O) groups excluding carboxylic acids is 3. The van der Waals surface area contributed by atoms with Gasteiger partial charge >= 0.3 is 0 Å². The number of amides is 3. The minimum Gasteiger partial charge on any atom is -0.497 e. The van der Waals surface area contributed by atoms with E-state index in [-0.39, 0.29) is 43.0 Å². The lowest BCUT2D eigenvalue weighted by molar-refractivity contribution is -0.121. The summed E-state index contributed by atoms with van der Waals surface area (Å²) in [4.78, 5) is 47.9. The number of likely N-dealkylation sites (N-methyl/N-ethyl adjacent to an activating group) is 1. The fourth-order valence-electron chi connectivity index (χ4n) is 4.00. The molecule has 1 aliphatic rings. The molecule has 0 unspecified atom stereocenters. The summed E-state index contributed by atoms with van der Waals surface area (Å²) >= 11 is 1.43. The summed E-state index contributed by atoms with van der Waals surface area (Å²) in [6, 6.07) is 12.3. The van der Waals surface area contributed by atoms with Crippen LogP contribution >= 0.6 is 23.7 Å². The molecule has 1 aromatic heterocycles. The number of methoxy groups -OCH3 is 1. The summed E-state index contributed by atoms with van der Waals surface area (Å²) in [5.74, 6) is 0.0247. The summed E-state index contributed by atoms with van der Waals surface area (Å²) < 4.78 is 6.26. The molecule has 1 fully saturated rings. The van der Waals surface area contributed by atoms with Crippen LogP contribution in [-0.4, -0.2) is 60.9 Å². The number of fused-ring (bicyclic) bond motifs is 1. The molecule has 3 aromatic rings. The maximum absolute atomic E-state index is 13.7. The zero-order valence-electron chi connectivity index (χ0n) is 20.0. The molecular weight excluding hydrogens is 488 g/mol. The Morgan fingerprint density at radius 2 is 1.77 bits per heavy atom. The zero-order chi connectivity index (χ0) is 24.2. The van der Waals surface area contributed by atoms with Gasteiger partial charge in [0.1, 0.15) is 5.75 Å². The number of thiazole rings is 1. The van der Waals surface area contributed by atoms with Crippen LogP contribution in [0.3, 0.4) is 0 Å². The highest BCUT2D eigenvalue weighted by atomic mass is 35.5. The third-order valence-electron chi connectivity index (χ3n) is 6.00. The second kappa shape index (κ2) is 11.6. The highest BCUT2D eigenvalue weighted by Crippen LogP contribution is 2.33. The number of hydrogen-bond donors (Lipinski definition) is 0. The Kier molecular flexibility index (Phi) is 8.82. The van der Waals surface area contributed by atoms with E-state index >= 15 is 0 Å². The Hall–Kier alpha value is -3.01. The number of imide groups is 1. The number of rotatable bonds is 9. The van der Waals surface area contributed by atoms with Crippen molar-refractivity contribution >= 4 is 62.5 Å². The standard InChI is InChI=1S/C25H28N4O4S.ClH/c1-4-27(5-2)13-14-28(25-26-20-10-9-19(33-3)16-21(20)34-25)24(32)17-7-6-8-18(15-17)29-22(30)11-12-23(29)31;/h6-10,15-16H,4-5,11-14H2,1-3H3;1H. The van der Waals surface area contributed by atoms with Crippen LogP contribution in [0.2, 0.25) is 0 Å². The van der Waals surface area contributed by atoms with Crippen molar-refractivity contribution in [3.05, 3.63) is 48.0 Å². The molecule has 186 valence electrons. The molecular formula is C25H29ClN4O4S. The molecule has 1 saturated heterocycles. The van der Waals surface area contributed by atoms with Crippen LogP contribution in [0.1, 0.15) is 37.0 Å². The van der Waals surface area contributed by atoms with Crippen molar-refractivity contribution < 1.29 is 19.1 Å². The smallest absolute Gasteiger partial charge is 0.260 e. The Bertz CT molecular complexity index is 1210. The predicted molar refractivity (Wildman–Crippen MR) is 141 cm³/mol. The molecule has 0 spiro atoms. The van der Waals surface area contributed by atoms with E-state index in [0.29, 0.717) is 29.5 Å². The third kappa shape index (κ3) is 5.63. The molecule has 2 aromatic carbocycles. The average molecular weight is 517 g/mol. The van der Waals surface area contributed by atoms with Gasteiger partial charge in [0.2, 0.25) is 11.8 Å². The monoisotopic (exact) mass is 516 g/mol. The first-order valence-corrected chi connectivity index (χ1v) is 12.2. The number of anilines is 2. The van der Waals surface area contributed by atoms with E-state index in [1.165, 1.54) is 16.2 Å². The normalized spacial score (nSPS) is 13.4. The van der Waals surface area contributed by atoms with E-state index in [9.17, 15) is 14.4 Å². The second-order valence-electron chi connectivity index (χ2n) is 7.99.